The van der Waals surface area contributed by atoms with E-state index in [-0.39, 0.29) is 31.0 Å². The van der Waals surface area contributed by atoms with Gasteiger partial charge in [0.2, 0.25) is 0 Å². The van der Waals surface area contributed by atoms with Crippen LogP contribution in [-0.4, -0.2) is 6.04 Å². The van der Waals surface area contributed by atoms with E-state index in [9.17, 15) is 0 Å². The SMILES string of the molecule is CC(C)N.[H-].[Na+]. The van der Waals surface area contributed by atoms with Crippen LogP contribution in [0.4, 0.5) is 0 Å². The minimum absolute atomic E-state index is 0. The van der Waals surface area contributed by atoms with Gasteiger partial charge in [-0.2, -0.15) is 0 Å². The van der Waals surface area contributed by atoms with Gasteiger partial charge in [0.15, 0.2) is 0 Å². The molecule has 0 saturated heterocycles. The molecule has 0 heterocycles. The Kier molecular flexibility index (Phi) is 9.28. The molecule has 0 bridgehead atoms. The monoisotopic (exact) mass is 83.1 g/mol. The first kappa shape index (κ1) is 9.35. The van der Waals surface area contributed by atoms with E-state index in [4.69, 9.17) is 5.73 Å². The molecule has 2 N–H and O–H groups in total. The van der Waals surface area contributed by atoms with Crippen LogP contribution in [0.1, 0.15) is 15.3 Å². The minimum atomic E-state index is 0. The van der Waals surface area contributed by atoms with Gasteiger partial charge in [-0.3, -0.25) is 0 Å². The first-order valence-electron chi connectivity index (χ1n) is 1.49. The van der Waals surface area contributed by atoms with Gasteiger partial charge in [0, 0.05) is 0 Å². The molecule has 5 heavy (non-hydrogen) atoms. The van der Waals surface area contributed by atoms with E-state index in [1.807, 2.05) is 13.8 Å². The third kappa shape index (κ3) is 47.2. The first-order valence-corrected chi connectivity index (χ1v) is 1.49. The van der Waals surface area contributed by atoms with Gasteiger partial charge in [0.05, 0.1) is 0 Å². The van der Waals surface area contributed by atoms with Crippen molar-refractivity contribution in [1.29, 1.82) is 0 Å². The summed E-state index contributed by atoms with van der Waals surface area (Å²) in [5.41, 5.74) is 5.11. The second-order valence-corrected chi connectivity index (χ2v) is 1.24. The van der Waals surface area contributed by atoms with Crippen LogP contribution in [0.2, 0.25) is 0 Å². The van der Waals surface area contributed by atoms with Gasteiger partial charge in [0.1, 0.15) is 0 Å². The van der Waals surface area contributed by atoms with Gasteiger partial charge in [-0.25, -0.2) is 0 Å². The van der Waals surface area contributed by atoms with E-state index in [0.717, 1.165) is 0 Å². The summed E-state index contributed by atoms with van der Waals surface area (Å²) in [4.78, 5) is 0. The van der Waals surface area contributed by atoms with Crippen LogP contribution in [0.15, 0.2) is 0 Å². The third-order valence-corrected chi connectivity index (χ3v) is 0. The molecule has 0 aromatic carbocycles. The molecule has 0 saturated carbocycles. The molecule has 0 aromatic rings. The molecule has 28 valence electrons. The molecular weight excluding hydrogens is 73.0 g/mol. The number of hydrogen-bond acceptors (Lipinski definition) is 1. The summed E-state index contributed by atoms with van der Waals surface area (Å²) in [5, 5.41) is 0. The maximum atomic E-state index is 5.11. The Bertz CT molecular complexity index is 15.5. The van der Waals surface area contributed by atoms with Gasteiger partial charge in [0.25, 0.3) is 0 Å². The standard InChI is InChI=1S/C3H9N.Na.H/c1-3(2)4;;/h3H,4H2,1-2H3;;/q;+1;-1. The predicted molar refractivity (Wildman–Crippen MR) is 20.4 cm³/mol. The van der Waals surface area contributed by atoms with Crippen LogP contribution in [0.3, 0.4) is 0 Å². The summed E-state index contributed by atoms with van der Waals surface area (Å²) in [5.74, 6) is 0. The van der Waals surface area contributed by atoms with Crippen molar-refractivity contribution < 1.29 is 31.0 Å². The Hall–Kier alpha value is 0.960. The Morgan fingerprint density at radius 1 is 1.60 bits per heavy atom. The topological polar surface area (TPSA) is 26.0 Å². The van der Waals surface area contributed by atoms with E-state index >= 15 is 0 Å². The molecule has 0 unspecified atom stereocenters. The first-order chi connectivity index (χ1) is 1.73. The third-order valence-electron chi connectivity index (χ3n) is 0. The zero-order valence-corrected chi connectivity index (χ0v) is 6.15. The molecule has 0 atom stereocenters. The Labute approximate surface area is 56.7 Å². The molecule has 0 radical (unpaired) electrons. The van der Waals surface area contributed by atoms with Crippen molar-refractivity contribution in [2.45, 2.75) is 19.9 Å². The smallest absolute Gasteiger partial charge is 1.00 e. The molecule has 0 rings (SSSR count). The molecular formula is C3H10NNa. The van der Waals surface area contributed by atoms with Crippen LogP contribution in [0.25, 0.3) is 0 Å². The van der Waals surface area contributed by atoms with E-state index in [2.05, 4.69) is 0 Å². The fraction of sp³-hybridized carbons (Fsp3) is 1.00. The quantitative estimate of drug-likeness (QED) is 0.321. The van der Waals surface area contributed by atoms with E-state index in [1.165, 1.54) is 0 Å². The fourth-order valence-corrected chi connectivity index (χ4v) is 0. The van der Waals surface area contributed by atoms with Crippen molar-refractivity contribution in [3.8, 4) is 0 Å². The summed E-state index contributed by atoms with van der Waals surface area (Å²) in [6.07, 6.45) is 0. The average Bonchev–Trinajstić information content (AvgIpc) is 0.811. The van der Waals surface area contributed by atoms with Gasteiger partial charge in [-0.1, -0.05) is 13.8 Å². The van der Waals surface area contributed by atoms with E-state index in [1.54, 1.807) is 0 Å². The van der Waals surface area contributed by atoms with Crippen molar-refractivity contribution in [1.82, 2.24) is 0 Å². The summed E-state index contributed by atoms with van der Waals surface area (Å²) < 4.78 is 0. The number of nitrogens with two attached hydrogens (primary N) is 1. The van der Waals surface area contributed by atoms with Gasteiger partial charge in [-0.15, -0.1) is 0 Å². The number of rotatable bonds is 0. The van der Waals surface area contributed by atoms with E-state index in [0.29, 0.717) is 6.04 Å². The summed E-state index contributed by atoms with van der Waals surface area (Å²) in [6, 6.07) is 0.333. The second-order valence-electron chi connectivity index (χ2n) is 1.24. The van der Waals surface area contributed by atoms with Crippen molar-refractivity contribution in [2.24, 2.45) is 5.73 Å². The Morgan fingerprint density at radius 2 is 1.60 bits per heavy atom. The average molecular weight is 83.1 g/mol. The van der Waals surface area contributed by atoms with Gasteiger partial charge < -0.3 is 7.16 Å². The molecule has 0 aliphatic rings. The minimum Gasteiger partial charge on any atom is -1.00 e. The van der Waals surface area contributed by atoms with Gasteiger partial charge >= 0.3 is 29.6 Å². The molecule has 0 spiro atoms. The van der Waals surface area contributed by atoms with Crippen LogP contribution in [0, 0.1) is 0 Å². The predicted octanol–water partition coefficient (Wildman–Crippen LogP) is -2.53. The second kappa shape index (κ2) is 4.96. The molecule has 0 aliphatic carbocycles. The Morgan fingerprint density at radius 3 is 1.60 bits per heavy atom. The summed E-state index contributed by atoms with van der Waals surface area (Å²) >= 11 is 0. The molecule has 0 aliphatic heterocycles. The van der Waals surface area contributed by atoms with Crippen LogP contribution in [-0.2, 0) is 0 Å². The summed E-state index contributed by atoms with van der Waals surface area (Å²) in [7, 11) is 0. The fourth-order valence-electron chi connectivity index (χ4n) is 0. The maximum absolute atomic E-state index is 5.11. The van der Waals surface area contributed by atoms with Crippen molar-refractivity contribution in [3.05, 3.63) is 0 Å². The molecule has 0 amide bonds. The largest absolute Gasteiger partial charge is 1.00 e. The van der Waals surface area contributed by atoms with Crippen LogP contribution >= 0.6 is 0 Å². The van der Waals surface area contributed by atoms with Crippen molar-refractivity contribution in [2.75, 3.05) is 0 Å². The van der Waals surface area contributed by atoms with Crippen molar-refractivity contribution >= 4 is 0 Å². The maximum Gasteiger partial charge on any atom is 1.00 e. The summed E-state index contributed by atoms with van der Waals surface area (Å²) in [6.45, 7) is 3.89. The Balaban J connectivity index is -0.0000000450. The number of hydrogen-bond donors (Lipinski definition) is 1. The molecule has 0 aromatic heterocycles. The zero-order chi connectivity index (χ0) is 3.58. The van der Waals surface area contributed by atoms with Crippen LogP contribution in [0.5, 0.6) is 0 Å². The zero-order valence-electron chi connectivity index (χ0n) is 5.15. The van der Waals surface area contributed by atoms with E-state index < -0.39 is 0 Å². The van der Waals surface area contributed by atoms with Crippen LogP contribution < -0.4 is 35.3 Å². The normalized spacial score (nSPS) is 7.20. The molecule has 1 nitrogen and oxygen atoms in total. The molecule has 0 fully saturated rings. The molecule has 2 heteroatoms. The van der Waals surface area contributed by atoms with Gasteiger partial charge in [-0.05, 0) is 6.04 Å². The van der Waals surface area contributed by atoms with Crippen molar-refractivity contribution in [3.63, 3.8) is 0 Å².